The molecule has 3 aromatic rings. The van der Waals surface area contributed by atoms with Crippen molar-refractivity contribution in [3.05, 3.63) is 51.9 Å². The summed E-state index contributed by atoms with van der Waals surface area (Å²) < 4.78 is 31.0. The number of fused-ring (bicyclic) bond motifs is 3. The number of rotatable bonds is 1. The first-order valence-corrected chi connectivity index (χ1v) is 8.04. The first-order valence-electron chi connectivity index (χ1n) is 9.54. The molecule has 120 valence electrons. The summed E-state index contributed by atoms with van der Waals surface area (Å²) in [5.41, 5.74) is 3.51. The Morgan fingerprint density at radius 3 is 2.92 bits per heavy atom. The molecule has 4 nitrogen and oxygen atoms in total. The third-order valence-electron chi connectivity index (χ3n) is 4.58. The van der Waals surface area contributed by atoms with E-state index >= 15 is 0 Å². The molecule has 3 aromatic heterocycles. The van der Waals surface area contributed by atoms with E-state index in [1.807, 2.05) is 43.7 Å². The molecule has 0 unspecified atom stereocenters. The molecule has 0 N–H and O–H groups in total. The summed E-state index contributed by atoms with van der Waals surface area (Å²) >= 11 is 0. The monoisotopic (exact) mass is 321 g/mol. The van der Waals surface area contributed by atoms with Gasteiger partial charge in [0.1, 0.15) is 5.42 Å². The quantitative estimate of drug-likeness (QED) is 0.506. The smallest absolute Gasteiger partial charge is 0.405 e. The summed E-state index contributed by atoms with van der Waals surface area (Å²) in [7, 11) is 1.87. The van der Waals surface area contributed by atoms with Crippen LogP contribution >= 0.6 is 0 Å². The molecule has 0 atom stereocenters. The van der Waals surface area contributed by atoms with Crippen molar-refractivity contribution >= 4 is 35.9 Å². The maximum atomic E-state index is 7.72. The highest BCUT2D eigenvalue weighted by molar-refractivity contribution is 6.76. The Morgan fingerprint density at radius 1 is 1.29 bits per heavy atom. The predicted octanol–water partition coefficient (Wildman–Crippen LogP) is 1.78. The molecule has 0 aliphatic carbocycles. The molecule has 0 radical (unpaired) electrons. The van der Waals surface area contributed by atoms with Crippen molar-refractivity contribution in [1.82, 2.24) is 4.98 Å². The fourth-order valence-corrected chi connectivity index (χ4v) is 3.19. The maximum absolute atomic E-state index is 7.72. The minimum atomic E-state index is -2.12. The van der Waals surface area contributed by atoms with Crippen molar-refractivity contribution in [2.75, 3.05) is 4.81 Å². The van der Waals surface area contributed by atoms with Crippen LogP contribution in [0.15, 0.2) is 28.8 Å². The average molecular weight is 321 g/mol. The molecule has 0 amide bonds. The van der Waals surface area contributed by atoms with Gasteiger partial charge in [-0.3, -0.25) is 4.81 Å². The molecule has 4 heterocycles. The van der Waals surface area contributed by atoms with E-state index in [9.17, 15) is 0 Å². The van der Waals surface area contributed by atoms with Crippen molar-refractivity contribution in [2.45, 2.75) is 27.5 Å². The van der Waals surface area contributed by atoms with Crippen LogP contribution in [0.4, 0.5) is 5.82 Å². The molecule has 0 bridgehead atoms. The first-order chi connectivity index (χ1) is 12.6. The van der Waals surface area contributed by atoms with E-state index < -0.39 is 6.85 Å². The Kier molecular flexibility index (Phi) is 2.59. The van der Waals surface area contributed by atoms with Gasteiger partial charge in [0.05, 0.1) is 30.0 Å². The van der Waals surface area contributed by atoms with E-state index in [2.05, 4.69) is 28.8 Å². The number of aryl methyl sites for hydroxylation is 4. The second-order valence-electron chi connectivity index (χ2n) is 6.47. The van der Waals surface area contributed by atoms with Gasteiger partial charge in [-0.15, -0.1) is 0 Å². The van der Waals surface area contributed by atoms with Crippen molar-refractivity contribution < 1.29 is 13.1 Å². The molecule has 5 heteroatoms. The van der Waals surface area contributed by atoms with Gasteiger partial charge in [-0.05, 0) is 56.8 Å². The number of pyridine rings is 2. The summed E-state index contributed by atoms with van der Waals surface area (Å²) in [5, 5.41) is 1.97. The molecule has 0 saturated carbocycles. The molecule has 1 aliphatic heterocycles. The van der Waals surface area contributed by atoms with Crippen molar-refractivity contribution in [1.29, 1.82) is 0 Å². The van der Waals surface area contributed by atoms with Crippen LogP contribution in [0.5, 0.6) is 0 Å². The van der Waals surface area contributed by atoms with Crippen LogP contribution < -0.4 is 20.0 Å². The van der Waals surface area contributed by atoms with E-state index in [1.54, 1.807) is 6.20 Å². The van der Waals surface area contributed by atoms with Crippen LogP contribution in [0, 0.1) is 20.7 Å². The molecule has 1 aliphatic rings. The van der Waals surface area contributed by atoms with E-state index in [0.29, 0.717) is 11.3 Å². The number of aromatic nitrogens is 2. The van der Waals surface area contributed by atoms with Gasteiger partial charge >= 0.3 is 6.85 Å². The summed E-state index contributed by atoms with van der Waals surface area (Å²) in [6.45, 7) is 3.80. The Labute approximate surface area is 146 Å². The Bertz CT molecular complexity index is 1180. The molecule has 4 rings (SSSR count). The van der Waals surface area contributed by atoms with Crippen LogP contribution in [0.1, 0.15) is 20.9 Å². The lowest BCUT2D eigenvalue weighted by atomic mass is 9.62. The van der Waals surface area contributed by atoms with Crippen LogP contribution in [0.2, 0.25) is 6.82 Å². The molecule has 0 spiro atoms. The highest BCUT2D eigenvalue weighted by Crippen LogP contribution is 2.18. The van der Waals surface area contributed by atoms with Gasteiger partial charge in [0.15, 0.2) is 0 Å². The first kappa shape index (κ1) is 11.9. The lowest BCUT2D eigenvalue weighted by Crippen LogP contribution is -2.47. The minimum Gasteiger partial charge on any atom is -0.439 e. The van der Waals surface area contributed by atoms with E-state index in [0.717, 1.165) is 33.1 Å². The lowest BCUT2D eigenvalue weighted by molar-refractivity contribution is -0.658. The fraction of sp³-hybridized carbons (Fsp3) is 0.263. The topological polar surface area (TPSA) is 33.2 Å². The van der Waals surface area contributed by atoms with Gasteiger partial charge in [-0.1, -0.05) is 0 Å². The molecule has 0 fully saturated rings. The average Bonchev–Trinajstić information content (AvgIpc) is 2.91. The minimum absolute atomic E-state index is 0.0587. The van der Waals surface area contributed by atoms with Crippen LogP contribution in [0.25, 0.3) is 23.3 Å². The lowest BCUT2D eigenvalue weighted by Gasteiger charge is -2.19. The van der Waals surface area contributed by atoms with Crippen molar-refractivity contribution in [2.24, 2.45) is 7.05 Å². The Hall–Kier alpha value is -2.56. The third kappa shape index (κ3) is 2.23. The van der Waals surface area contributed by atoms with Gasteiger partial charge in [0, 0.05) is 15.9 Å². The predicted molar refractivity (Wildman–Crippen MR) is 98.1 cm³/mol. The number of hydrogen-bond acceptors (Lipinski definition) is 3. The highest BCUT2D eigenvalue weighted by Gasteiger charge is 2.29. The van der Waals surface area contributed by atoms with Crippen LogP contribution in [0.3, 0.4) is 0 Å². The zero-order valence-electron chi connectivity index (χ0n) is 17.3. The number of anilines is 1. The second-order valence-corrected chi connectivity index (χ2v) is 6.47. The summed E-state index contributed by atoms with van der Waals surface area (Å²) in [6.07, 6.45) is 3.76. The maximum Gasteiger partial charge on any atom is 0.405 e. The second kappa shape index (κ2) is 5.23. The molecule has 0 saturated heterocycles. The van der Waals surface area contributed by atoms with E-state index in [-0.39, 0.29) is 6.85 Å². The van der Waals surface area contributed by atoms with E-state index in [4.69, 9.17) is 8.53 Å². The zero-order valence-corrected chi connectivity index (χ0v) is 14.3. The van der Waals surface area contributed by atoms with Gasteiger partial charge in [0.2, 0.25) is 5.71 Å². The zero-order chi connectivity index (χ0) is 19.5. The summed E-state index contributed by atoms with van der Waals surface area (Å²) in [6, 6.07) is 5.93. The SMILES string of the molecule is [2H]C([2H])([2H])c1c[n+](C)c(N2C=c3c(oc4nc(C)ccc34)=CB2C)cc1C. The van der Waals surface area contributed by atoms with E-state index in [1.165, 1.54) is 0 Å². The standard InChI is InChI=1S/C19H21BN3O/c1-12-8-18(22(5)10-13(12)2)23-11-16-15-7-6-14(3)21-19(15)24-17(16)9-20(23)4/h6-11H,1-5H3/q+1/i2D3. The number of nitrogens with zero attached hydrogens (tertiary/aromatic N) is 3. The third-order valence-corrected chi connectivity index (χ3v) is 4.58. The largest absolute Gasteiger partial charge is 0.439 e. The Balaban J connectivity index is 1.90. The summed E-state index contributed by atoms with van der Waals surface area (Å²) in [5.74, 6) is 2.99. The normalized spacial score (nSPS) is 16.1. The highest BCUT2D eigenvalue weighted by atomic mass is 16.3. The van der Waals surface area contributed by atoms with Gasteiger partial charge in [0.25, 0.3) is 5.82 Å². The Morgan fingerprint density at radius 2 is 2.12 bits per heavy atom. The molecule has 0 aromatic carbocycles. The van der Waals surface area contributed by atoms with Gasteiger partial charge in [-0.25, -0.2) is 9.55 Å². The van der Waals surface area contributed by atoms with Crippen molar-refractivity contribution in [3.63, 3.8) is 0 Å². The van der Waals surface area contributed by atoms with Crippen molar-refractivity contribution in [3.8, 4) is 0 Å². The van der Waals surface area contributed by atoms with Gasteiger partial charge < -0.3 is 4.42 Å². The van der Waals surface area contributed by atoms with Crippen LogP contribution in [-0.2, 0) is 7.05 Å². The summed E-state index contributed by atoms with van der Waals surface area (Å²) in [4.78, 5) is 6.61. The fourth-order valence-electron chi connectivity index (χ4n) is 3.19. The molecular weight excluding hydrogens is 297 g/mol. The van der Waals surface area contributed by atoms with Crippen LogP contribution in [-0.4, -0.2) is 11.8 Å². The molecule has 24 heavy (non-hydrogen) atoms. The number of hydrogen-bond donors (Lipinski definition) is 0. The number of furan rings is 1. The molecular formula is C19H21BN3O+. The van der Waals surface area contributed by atoms with Gasteiger partial charge in [-0.2, -0.15) is 0 Å².